The molecule has 0 atom stereocenters. The second kappa shape index (κ2) is 6.58. The molecule has 0 aliphatic rings. The number of methoxy groups -OCH3 is 1. The van der Waals surface area contributed by atoms with Crippen molar-refractivity contribution in [2.24, 2.45) is 5.73 Å². The number of nitrogens with two attached hydrogens (primary N) is 1. The van der Waals surface area contributed by atoms with Gasteiger partial charge < -0.3 is 15.8 Å². The first-order valence-corrected chi connectivity index (χ1v) is 6.72. The second-order valence-electron chi connectivity index (χ2n) is 4.42. The molecule has 19 heavy (non-hydrogen) atoms. The van der Waals surface area contributed by atoms with Gasteiger partial charge in [-0.25, -0.2) is 0 Å². The van der Waals surface area contributed by atoms with Crippen molar-refractivity contribution < 1.29 is 14.3 Å². The SMILES string of the molecule is COC(C)(C)C(=O)Nc1ccccc1SCC(N)=O. The lowest BCUT2D eigenvalue weighted by Gasteiger charge is -2.22. The first-order chi connectivity index (χ1) is 8.86. The molecular weight excluding hydrogens is 264 g/mol. The Morgan fingerprint density at radius 3 is 2.58 bits per heavy atom. The smallest absolute Gasteiger partial charge is 0.256 e. The fourth-order valence-electron chi connectivity index (χ4n) is 1.21. The minimum absolute atomic E-state index is 0.167. The van der Waals surface area contributed by atoms with Gasteiger partial charge in [-0.15, -0.1) is 11.8 Å². The Balaban J connectivity index is 2.83. The molecule has 1 rings (SSSR count). The maximum atomic E-state index is 12.0. The van der Waals surface area contributed by atoms with E-state index in [1.54, 1.807) is 19.9 Å². The summed E-state index contributed by atoms with van der Waals surface area (Å²) < 4.78 is 5.12. The largest absolute Gasteiger partial charge is 0.369 e. The standard InChI is InChI=1S/C13H18N2O3S/c1-13(2,18-3)12(17)15-9-6-4-5-7-10(9)19-8-11(14)16/h4-7H,8H2,1-3H3,(H2,14,16)(H,15,17). The zero-order valence-electron chi connectivity index (χ0n) is 11.2. The van der Waals surface area contributed by atoms with Gasteiger partial charge in [0.05, 0.1) is 11.4 Å². The Hall–Kier alpha value is -1.53. The second-order valence-corrected chi connectivity index (χ2v) is 5.44. The molecule has 1 aromatic rings. The van der Waals surface area contributed by atoms with Crippen LogP contribution in [0.15, 0.2) is 29.2 Å². The van der Waals surface area contributed by atoms with E-state index in [2.05, 4.69) is 5.32 Å². The van der Waals surface area contributed by atoms with Crippen LogP contribution >= 0.6 is 11.8 Å². The third-order valence-electron chi connectivity index (χ3n) is 2.56. The third-order valence-corrected chi connectivity index (χ3v) is 3.66. The molecule has 5 nitrogen and oxygen atoms in total. The number of primary amides is 1. The van der Waals surface area contributed by atoms with Crippen LogP contribution in [0.25, 0.3) is 0 Å². The Kier molecular flexibility index (Phi) is 5.38. The zero-order valence-corrected chi connectivity index (χ0v) is 12.0. The first kappa shape index (κ1) is 15.5. The zero-order chi connectivity index (χ0) is 14.5. The fourth-order valence-corrected chi connectivity index (χ4v) is 1.96. The highest BCUT2D eigenvalue weighted by Crippen LogP contribution is 2.27. The van der Waals surface area contributed by atoms with Crippen molar-refractivity contribution >= 4 is 29.3 Å². The van der Waals surface area contributed by atoms with Gasteiger partial charge in [-0.2, -0.15) is 0 Å². The van der Waals surface area contributed by atoms with E-state index in [1.165, 1.54) is 18.9 Å². The molecule has 104 valence electrons. The number of carbonyl (C=O) groups is 2. The van der Waals surface area contributed by atoms with Crippen molar-refractivity contribution in [1.82, 2.24) is 0 Å². The maximum Gasteiger partial charge on any atom is 0.256 e. The van der Waals surface area contributed by atoms with E-state index in [4.69, 9.17) is 10.5 Å². The van der Waals surface area contributed by atoms with Crippen LogP contribution in [0.5, 0.6) is 0 Å². The van der Waals surface area contributed by atoms with Crippen LogP contribution in [-0.2, 0) is 14.3 Å². The first-order valence-electron chi connectivity index (χ1n) is 5.73. The molecule has 0 aliphatic carbocycles. The Labute approximate surface area is 116 Å². The number of anilines is 1. The molecule has 0 aromatic heterocycles. The van der Waals surface area contributed by atoms with E-state index in [1.807, 2.05) is 18.2 Å². The number of para-hydroxylation sites is 1. The van der Waals surface area contributed by atoms with Gasteiger partial charge in [0.2, 0.25) is 5.91 Å². The highest BCUT2D eigenvalue weighted by Gasteiger charge is 2.27. The number of hydrogen-bond donors (Lipinski definition) is 2. The van der Waals surface area contributed by atoms with Gasteiger partial charge in [-0.05, 0) is 26.0 Å². The van der Waals surface area contributed by atoms with E-state index in [9.17, 15) is 9.59 Å². The molecule has 6 heteroatoms. The lowest BCUT2D eigenvalue weighted by atomic mass is 10.1. The van der Waals surface area contributed by atoms with Gasteiger partial charge in [-0.3, -0.25) is 9.59 Å². The molecule has 0 saturated carbocycles. The van der Waals surface area contributed by atoms with Crippen LogP contribution in [0, 0.1) is 0 Å². The monoisotopic (exact) mass is 282 g/mol. The van der Waals surface area contributed by atoms with Crippen LogP contribution in [0.1, 0.15) is 13.8 Å². The van der Waals surface area contributed by atoms with Gasteiger partial charge in [0.25, 0.3) is 5.91 Å². The molecule has 0 bridgehead atoms. The van der Waals surface area contributed by atoms with Crippen LogP contribution in [0.4, 0.5) is 5.69 Å². The average molecular weight is 282 g/mol. The number of ether oxygens (including phenoxy) is 1. The lowest BCUT2D eigenvalue weighted by Crippen LogP contribution is -2.38. The van der Waals surface area contributed by atoms with Crippen LogP contribution in [-0.4, -0.2) is 30.3 Å². The topological polar surface area (TPSA) is 81.4 Å². The molecule has 0 aliphatic heterocycles. The van der Waals surface area contributed by atoms with Gasteiger partial charge >= 0.3 is 0 Å². The van der Waals surface area contributed by atoms with E-state index in [-0.39, 0.29) is 11.7 Å². The highest BCUT2D eigenvalue weighted by atomic mass is 32.2. The number of benzene rings is 1. The molecule has 1 aromatic carbocycles. The van der Waals surface area contributed by atoms with Crippen molar-refractivity contribution in [1.29, 1.82) is 0 Å². The summed E-state index contributed by atoms with van der Waals surface area (Å²) in [6.07, 6.45) is 0. The number of thioether (sulfide) groups is 1. The van der Waals surface area contributed by atoms with E-state index in [0.29, 0.717) is 5.69 Å². The maximum absolute atomic E-state index is 12.0. The summed E-state index contributed by atoms with van der Waals surface area (Å²) in [6, 6.07) is 7.24. The van der Waals surface area contributed by atoms with Crippen molar-refractivity contribution in [2.45, 2.75) is 24.3 Å². The quantitative estimate of drug-likeness (QED) is 0.777. The number of nitrogens with one attached hydrogen (secondary N) is 1. The summed E-state index contributed by atoms with van der Waals surface area (Å²) in [5.74, 6) is -0.480. The molecule has 0 fully saturated rings. The lowest BCUT2D eigenvalue weighted by molar-refractivity contribution is -0.133. The van der Waals surface area contributed by atoms with Gasteiger partial charge in [-0.1, -0.05) is 12.1 Å². The normalized spacial score (nSPS) is 11.1. The molecule has 0 saturated heterocycles. The van der Waals surface area contributed by atoms with Gasteiger partial charge in [0.1, 0.15) is 5.60 Å². The van der Waals surface area contributed by atoms with Gasteiger partial charge in [0, 0.05) is 12.0 Å². The highest BCUT2D eigenvalue weighted by molar-refractivity contribution is 8.00. The number of amides is 2. The summed E-state index contributed by atoms with van der Waals surface area (Å²) >= 11 is 1.29. The third kappa shape index (κ3) is 4.57. The molecular formula is C13H18N2O3S. The summed E-state index contributed by atoms with van der Waals surface area (Å²) in [5.41, 5.74) is 4.84. The minimum Gasteiger partial charge on any atom is -0.369 e. The van der Waals surface area contributed by atoms with E-state index in [0.717, 1.165) is 4.90 Å². The predicted molar refractivity (Wildman–Crippen MR) is 76.1 cm³/mol. The number of carbonyl (C=O) groups excluding carboxylic acids is 2. The Morgan fingerprint density at radius 2 is 2.00 bits per heavy atom. The number of rotatable bonds is 6. The van der Waals surface area contributed by atoms with Crippen LogP contribution in [0.3, 0.4) is 0 Å². The minimum atomic E-state index is -0.915. The van der Waals surface area contributed by atoms with Crippen molar-refractivity contribution in [2.75, 3.05) is 18.2 Å². The van der Waals surface area contributed by atoms with Crippen LogP contribution < -0.4 is 11.1 Å². The average Bonchev–Trinajstić information content (AvgIpc) is 2.37. The Morgan fingerprint density at radius 1 is 1.37 bits per heavy atom. The number of hydrogen-bond acceptors (Lipinski definition) is 4. The van der Waals surface area contributed by atoms with Gasteiger partial charge in [0.15, 0.2) is 0 Å². The van der Waals surface area contributed by atoms with E-state index < -0.39 is 11.5 Å². The fraction of sp³-hybridized carbons (Fsp3) is 0.385. The summed E-state index contributed by atoms with van der Waals surface area (Å²) in [4.78, 5) is 23.6. The molecule has 0 unspecified atom stereocenters. The molecule has 0 radical (unpaired) electrons. The Bertz CT molecular complexity index is 475. The summed E-state index contributed by atoms with van der Waals surface area (Å²) in [6.45, 7) is 3.36. The van der Waals surface area contributed by atoms with Crippen molar-refractivity contribution in [3.8, 4) is 0 Å². The van der Waals surface area contributed by atoms with Crippen molar-refractivity contribution in [3.63, 3.8) is 0 Å². The summed E-state index contributed by atoms with van der Waals surface area (Å²) in [5, 5.41) is 2.79. The predicted octanol–water partition coefficient (Wildman–Crippen LogP) is 1.63. The van der Waals surface area contributed by atoms with Crippen molar-refractivity contribution in [3.05, 3.63) is 24.3 Å². The molecule has 0 heterocycles. The van der Waals surface area contributed by atoms with Crippen LogP contribution in [0.2, 0.25) is 0 Å². The van der Waals surface area contributed by atoms with E-state index >= 15 is 0 Å². The molecule has 0 spiro atoms. The summed E-state index contributed by atoms with van der Waals surface area (Å²) in [7, 11) is 1.48. The molecule has 3 N–H and O–H groups in total. The molecule has 2 amide bonds.